The predicted octanol–water partition coefficient (Wildman–Crippen LogP) is 3.61. The first kappa shape index (κ1) is 14.6. The third-order valence-corrected chi connectivity index (χ3v) is 2.93. The van der Waals surface area contributed by atoms with Gasteiger partial charge < -0.3 is 10.1 Å². The van der Waals surface area contributed by atoms with Gasteiger partial charge in [-0.15, -0.1) is 11.6 Å². The van der Waals surface area contributed by atoms with Gasteiger partial charge in [0.15, 0.2) is 0 Å². The van der Waals surface area contributed by atoms with Crippen LogP contribution in [0.5, 0.6) is 5.88 Å². The maximum absolute atomic E-state index is 5.76. The lowest BCUT2D eigenvalue weighted by Gasteiger charge is -2.10. The number of ether oxygens (including phenoxy) is 1. The van der Waals surface area contributed by atoms with Gasteiger partial charge in [-0.25, -0.2) is 0 Å². The van der Waals surface area contributed by atoms with E-state index in [-0.39, 0.29) is 6.10 Å². The predicted molar refractivity (Wildman–Crippen MR) is 81.1 cm³/mol. The molecule has 1 aromatic carbocycles. The highest BCUT2D eigenvalue weighted by Gasteiger charge is 2.02. The molecule has 0 spiro atoms. The normalized spacial score (nSPS) is 10.6. The fourth-order valence-electron chi connectivity index (χ4n) is 1.67. The lowest BCUT2D eigenvalue weighted by molar-refractivity contribution is 0.232. The third kappa shape index (κ3) is 4.38. The minimum atomic E-state index is 0.0858. The van der Waals surface area contributed by atoms with Crippen molar-refractivity contribution in [2.45, 2.75) is 32.4 Å². The summed E-state index contributed by atoms with van der Waals surface area (Å²) < 4.78 is 5.51. The molecule has 0 unspecified atom stereocenters. The molecule has 0 bridgehead atoms. The Hall–Kier alpha value is -1.81. The van der Waals surface area contributed by atoms with Gasteiger partial charge in [-0.3, -0.25) is 4.98 Å². The molecule has 0 fully saturated rings. The zero-order chi connectivity index (χ0) is 14.4. The molecule has 0 saturated carbocycles. The Morgan fingerprint density at radius 3 is 2.50 bits per heavy atom. The molecule has 5 heteroatoms. The van der Waals surface area contributed by atoms with Crippen molar-refractivity contribution in [1.29, 1.82) is 0 Å². The molecular weight excluding hydrogens is 274 g/mol. The van der Waals surface area contributed by atoms with Crippen LogP contribution in [-0.4, -0.2) is 16.1 Å². The van der Waals surface area contributed by atoms with Gasteiger partial charge in [0, 0.05) is 12.4 Å². The van der Waals surface area contributed by atoms with Crippen molar-refractivity contribution in [2.24, 2.45) is 0 Å². The minimum Gasteiger partial charge on any atom is -0.474 e. The molecule has 0 saturated heterocycles. The Morgan fingerprint density at radius 2 is 1.85 bits per heavy atom. The van der Waals surface area contributed by atoms with E-state index in [1.807, 2.05) is 38.1 Å². The van der Waals surface area contributed by atoms with Gasteiger partial charge in [0.05, 0.1) is 18.5 Å². The third-order valence-electron chi connectivity index (χ3n) is 2.62. The number of nitrogens with one attached hydrogen (secondary N) is 1. The molecule has 1 heterocycles. The minimum absolute atomic E-state index is 0.0858. The Labute approximate surface area is 124 Å². The van der Waals surface area contributed by atoms with Crippen LogP contribution in [0.4, 0.5) is 5.82 Å². The summed E-state index contributed by atoms with van der Waals surface area (Å²) in [7, 11) is 0. The molecule has 20 heavy (non-hydrogen) atoms. The van der Waals surface area contributed by atoms with Crippen LogP contribution in [0.15, 0.2) is 36.7 Å². The number of alkyl halides is 1. The summed E-state index contributed by atoms with van der Waals surface area (Å²) in [5, 5.41) is 3.23. The average Bonchev–Trinajstić information content (AvgIpc) is 2.45. The second-order valence-electron chi connectivity index (χ2n) is 4.71. The van der Waals surface area contributed by atoms with E-state index in [1.165, 1.54) is 0 Å². The quantitative estimate of drug-likeness (QED) is 0.826. The summed E-state index contributed by atoms with van der Waals surface area (Å²) in [5.41, 5.74) is 2.28. The van der Waals surface area contributed by atoms with Crippen molar-refractivity contribution in [3.8, 4) is 5.88 Å². The number of hydrogen-bond donors (Lipinski definition) is 1. The molecule has 0 aliphatic heterocycles. The molecule has 1 N–H and O–H groups in total. The molecule has 0 atom stereocenters. The van der Waals surface area contributed by atoms with Crippen molar-refractivity contribution >= 4 is 17.4 Å². The number of rotatable bonds is 6. The first-order valence-electron chi connectivity index (χ1n) is 6.53. The number of halogens is 1. The van der Waals surface area contributed by atoms with Gasteiger partial charge in [0.25, 0.3) is 0 Å². The molecule has 106 valence electrons. The van der Waals surface area contributed by atoms with E-state index in [1.54, 1.807) is 12.4 Å². The Morgan fingerprint density at radius 1 is 1.15 bits per heavy atom. The SMILES string of the molecule is CC(C)Oc1cncc(NCc2ccc(CCl)cc2)n1. The lowest BCUT2D eigenvalue weighted by atomic mass is 10.1. The summed E-state index contributed by atoms with van der Waals surface area (Å²) >= 11 is 5.76. The van der Waals surface area contributed by atoms with E-state index in [2.05, 4.69) is 15.3 Å². The van der Waals surface area contributed by atoms with Crippen LogP contribution >= 0.6 is 11.6 Å². The molecular formula is C15H18ClN3O. The fourth-order valence-corrected chi connectivity index (χ4v) is 1.85. The van der Waals surface area contributed by atoms with Gasteiger partial charge in [0.2, 0.25) is 5.88 Å². The van der Waals surface area contributed by atoms with Crippen LogP contribution in [0.1, 0.15) is 25.0 Å². The van der Waals surface area contributed by atoms with Gasteiger partial charge >= 0.3 is 0 Å². The second-order valence-corrected chi connectivity index (χ2v) is 4.98. The lowest BCUT2D eigenvalue weighted by Crippen LogP contribution is -2.09. The average molecular weight is 292 g/mol. The second kappa shape index (κ2) is 7.10. The standard InChI is InChI=1S/C15H18ClN3O/c1-11(2)20-15-10-17-9-14(19-15)18-8-13-5-3-12(7-16)4-6-13/h3-6,9-11H,7-8H2,1-2H3,(H,18,19). The summed E-state index contributed by atoms with van der Waals surface area (Å²) in [6.07, 6.45) is 3.38. The highest BCUT2D eigenvalue weighted by atomic mass is 35.5. The van der Waals surface area contributed by atoms with Gasteiger partial charge in [-0.2, -0.15) is 4.98 Å². The summed E-state index contributed by atoms with van der Waals surface area (Å²) in [5.74, 6) is 1.76. The van der Waals surface area contributed by atoms with Crippen molar-refractivity contribution in [2.75, 3.05) is 5.32 Å². The fraction of sp³-hybridized carbons (Fsp3) is 0.333. The van der Waals surface area contributed by atoms with E-state index in [9.17, 15) is 0 Å². The molecule has 0 radical (unpaired) electrons. The Bertz CT molecular complexity index is 543. The Balaban J connectivity index is 1.95. The smallest absolute Gasteiger partial charge is 0.234 e. The van der Waals surface area contributed by atoms with Crippen LogP contribution in [0.2, 0.25) is 0 Å². The van der Waals surface area contributed by atoms with Crippen molar-refractivity contribution < 1.29 is 4.74 Å². The Kier molecular flexibility index (Phi) is 5.18. The topological polar surface area (TPSA) is 47.0 Å². The van der Waals surface area contributed by atoms with E-state index in [4.69, 9.17) is 16.3 Å². The largest absolute Gasteiger partial charge is 0.474 e. The molecule has 2 rings (SSSR count). The van der Waals surface area contributed by atoms with Crippen LogP contribution in [0.3, 0.4) is 0 Å². The van der Waals surface area contributed by atoms with Crippen LogP contribution in [-0.2, 0) is 12.4 Å². The number of hydrogen-bond acceptors (Lipinski definition) is 4. The molecule has 0 amide bonds. The first-order valence-corrected chi connectivity index (χ1v) is 7.07. The van der Waals surface area contributed by atoms with E-state index < -0.39 is 0 Å². The number of aromatic nitrogens is 2. The highest BCUT2D eigenvalue weighted by molar-refractivity contribution is 6.17. The maximum Gasteiger partial charge on any atom is 0.234 e. The molecule has 4 nitrogen and oxygen atoms in total. The molecule has 1 aromatic heterocycles. The molecule has 0 aliphatic carbocycles. The van der Waals surface area contributed by atoms with Gasteiger partial charge in [-0.05, 0) is 25.0 Å². The maximum atomic E-state index is 5.76. The highest BCUT2D eigenvalue weighted by Crippen LogP contribution is 2.12. The van der Waals surface area contributed by atoms with Crippen molar-refractivity contribution in [3.63, 3.8) is 0 Å². The monoisotopic (exact) mass is 291 g/mol. The van der Waals surface area contributed by atoms with Crippen LogP contribution < -0.4 is 10.1 Å². The van der Waals surface area contributed by atoms with Crippen LogP contribution in [0.25, 0.3) is 0 Å². The zero-order valence-electron chi connectivity index (χ0n) is 11.6. The first-order chi connectivity index (χ1) is 9.67. The number of benzene rings is 1. The molecule has 0 aliphatic rings. The summed E-state index contributed by atoms with van der Waals surface area (Å²) in [6, 6.07) is 8.14. The summed E-state index contributed by atoms with van der Waals surface area (Å²) in [4.78, 5) is 8.45. The number of anilines is 1. The van der Waals surface area contributed by atoms with Crippen molar-refractivity contribution in [3.05, 3.63) is 47.8 Å². The van der Waals surface area contributed by atoms with Crippen molar-refractivity contribution in [1.82, 2.24) is 9.97 Å². The van der Waals surface area contributed by atoms with Gasteiger partial charge in [0.1, 0.15) is 5.82 Å². The zero-order valence-corrected chi connectivity index (χ0v) is 12.4. The van der Waals surface area contributed by atoms with Gasteiger partial charge in [-0.1, -0.05) is 24.3 Å². The van der Waals surface area contributed by atoms with E-state index in [0.29, 0.717) is 24.1 Å². The molecule has 2 aromatic rings. The van der Waals surface area contributed by atoms with E-state index in [0.717, 1.165) is 11.1 Å². The van der Waals surface area contributed by atoms with E-state index >= 15 is 0 Å². The number of nitrogens with zero attached hydrogens (tertiary/aromatic N) is 2. The van der Waals surface area contributed by atoms with Crippen LogP contribution in [0, 0.1) is 0 Å². The summed E-state index contributed by atoms with van der Waals surface area (Å²) in [6.45, 7) is 4.60.